The maximum absolute atomic E-state index is 11.2. The predicted molar refractivity (Wildman–Crippen MR) is 67.2 cm³/mol. The zero-order valence-corrected chi connectivity index (χ0v) is 10.2. The van der Waals surface area contributed by atoms with E-state index in [2.05, 4.69) is 11.8 Å². The van der Waals surface area contributed by atoms with Crippen molar-refractivity contribution in [2.75, 3.05) is 13.7 Å². The fraction of sp³-hybridized carbons (Fsp3) is 0.357. The molecule has 0 atom stereocenters. The van der Waals surface area contributed by atoms with Gasteiger partial charge in [-0.3, -0.25) is 4.79 Å². The van der Waals surface area contributed by atoms with Crippen LogP contribution in [0.2, 0.25) is 0 Å². The van der Waals surface area contributed by atoms with Gasteiger partial charge in [-0.2, -0.15) is 0 Å². The summed E-state index contributed by atoms with van der Waals surface area (Å²) in [5.41, 5.74) is 1.93. The molecule has 3 heteroatoms. The van der Waals surface area contributed by atoms with Gasteiger partial charge < -0.3 is 10.0 Å². The van der Waals surface area contributed by atoms with Crippen LogP contribution in [0, 0.1) is 11.8 Å². The molecule has 0 aliphatic heterocycles. The summed E-state index contributed by atoms with van der Waals surface area (Å²) < 4.78 is 0. The van der Waals surface area contributed by atoms with Gasteiger partial charge in [0.1, 0.15) is 0 Å². The summed E-state index contributed by atoms with van der Waals surface area (Å²) in [5.74, 6) is 5.93. The van der Waals surface area contributed by atoms with E-state index < -0.39 is 0 Å². The molecule has 0 aliphatic rings. The van der Waals surface area contributed by atoms with E-state index in [1.807, 2.05) is 24.3 Å². The monoisotopic (exact) mass is 231 g/mol. The van der Waals surface area contributed by atoms with E-state index in [0.29, 0.717) is 13.0 Å². The summed E-state index contributed by atoms with van der Waals surface area (Å²) in [7, 11) is 1.76. The van der Waals surface area contributed by atoms with Crippen molar-refractivity contribution >= 4 is 5.91 Å². The molecule has 0 heterocycles. The highest BCUT2D eigenvalue weighted by atomic mass is 16.2. The minimum atomic E-state index is 0.0307. The van der Waals surface area contributed by atoms with Gasteiger partial charge in [0.25, 0.3) is 0 Å². The van der Waals surface area contributed by atoms with Gasteiger partial charge in [0.05, 0.1) is 6.61 Å². The van der Waals surface area contributed by atoms with Crippen LogP contribution in [0.1, 0.15) is 24.5 Å². The highest BCUT2D eigenvalue weighted by Gasteiger charge is 2.05. The molecule has 0 aliphatic carbocycles. The molecular formula is C14H17NO2. The summed E-state index contributed by atoms with van der Waals surface area (Å²) in [6.45, 7) is 2.17. The van der Waals surface area contributed by atoms with Gasteiger partial charge in [-0.05, 0) is 11.6 Å². The predicted octanol–water partition coefficient (Wildman–Crippen LogP) is 1.40. The third-order valence-electron chi connectivity index (χ3n) is 2.42. The van der Waals surface area contributed by atoms with E-state index in [-0.39, 0.29) is 12.5 Å². The van der Waals surface area contributed by atoms with E-state index in [4.69, 9.17) is 5.11 Å². The molecule has 1 rings (SSSR count). The van der Waals surface area contributed by atoms with Crippen LogP contribution in [0.5, 0.6) is 0 Å². The first-order chi connectivity index (χ1) is 8.15. The number of nitrogens with zero attached hydrogens (tertiary/aromatic N) is 1. The number of hydrogen-bond acceptors (Lipinski definition) is 2. The first-order valence-corrected chi connectivity index (χ1v) is 5.54. The molecule has 90 valence electrons. The molecule has 3 nitrogen and oxygen atoms in total. The average Bonchev–Trinajstić information content (AvgIpc) is 2.31. The quantitative estimate of drug-likeness (QED) is 0.799. The zero-order chi connectivity index (χ0) is 12.7. The average molecular weight is 231 g/mol. The van der Waals surface area contributed by atoms with Crippen molar-refractivity contribution in [3.63, 3.8) is 0 Å². The molecule has 0 aromatic heterocycles. The van der Waals surface area contributed by atoms with Crippen molar-refractivity contribution < 1.29 is 9.90 Å². The second kappa shape index (κ2) is 6.72. The number of aliphatic hydroxyl groups is 1. The molecule has 0 spiro atoms. The molecule has 0 fully saturated rings. The fourth-order valence-corrected chi connectivity index (χ4v) is 1.36. The summed E-state index contributed by atoms with van der Waals surface area (Å²) in [5, 5.41) is 8.68. The molecule has 0 unspecified atom stereocenters. The van der Waals surface area contributed by atoms with Crippen LogP contribution < -0.4 is 0 Å². The molecule has 1 N–H and O–H groups in total. The van der Waals surface area contributed by atoms with Gasteiger partial charge >= 0.3 is 0 Å². The standard InChI is InChI=1S/C14H17NO2/c1-12(17)15(2)11-14-9-4-3-7-13(14)8-5-6-10-16/h3-4,7,9,16H,6,10-11H2,1-2H3. The largest absolute Gasteiger partial charge is 0.395 e. The molecule has 0 saturated carbocycles. The third-order valence-corrected chi connectivity index (χ3v) is 2.42. The smallest absolute Gasteiger partial charge is 0.219 e. The lowest BCUT2D eigenvalue weighted by atomic mass is 10.1. The van der Waals surface area contributed by atoms with E-state index in [1.165, 1.54) is 0 Å². The number of carbonyl (C=O) groups excluding carboxylic acids is 1. The van der Waals surface area contributed by atoms with Crippen molar-refractivity contribution in [3.8, 4) is 11.8 Å². The normalized spacial score (nSPS) is 9.35. The molecule has 1 amide bonds. The topological polar surface area (TPSA) is 40.5 Å². The maximum Gasteiger partial charge on any atom is 0.219 e. The van der Waals surface area contributed by atoms with Crippen LogP contribution >= 0.6 is 0 Å². The van der Waals surface area contributed by atoms with Gasteiger partial charge in [0.2, 0.25) is 5.91 Å². The Labute approximate surface area is 102 Å². The first kappa shape index (κ1) is 13.3. The number of rotatable bonds is 3. The van der Waals surface area contributed by atoms with Crippen LogP contribution in [0.25, 0.3) is 0 Å². The van der Waals surface area contributed by atoms with Crippen LogP contribution in [0.15, 0.2) is 24.3 Å². The van der Waals surface area contributed by atoms with E-state index in [0.717, 1.165) is 11.1 Å². The number of benzene rings is 1. The molecule has 1 aromatic carbocycles. The molecular weight excluding hydrogens is 214 g/mol. The Morgan fingerprint density at radius 2 is 2.12 bits per heavy atom. The summed E-state index contributed by atoms with van der Waals surface area (Å²) in [6.07, 6.45) is 0.469. The second-order valence-corrected chi connectivity index (χ2v) is 3.81. The van der Waals surface area contributed by atoms with Crippen LogP contribution in [-0.2, 0) is 11.3 Å². The fourth-order valence-electron chi connectivity index (χ4n) is 1.36. The van der Waals surface area contributed by atoms with E-state index >= 15 is 0 Å². The van der Waals surface area contributed by atoms with Gasteiger partial charge in [-0.25, -0.2) is 0 Å². The minimum absolute atomic E-state index is 0.0307. The Morgan fingerprint density at radius 3 is 2.76 bits per heavy atom. The lowest BCUT2D eigenvalue weighted by molar-refractivity contribution is -0.128. The second-order valence-electron chi connectivity index (χ2n) is 3.81. The van der Waals surface area contributed by atoms with Crippen molar-refractivity contribution in [3.05, 3.63) is 35.4 Å². The molecule has 1 aromatic rings. The highest BCUT2D eigenvalue weighted by molar-refractivity contribution is 5.72. The van der Waals surface area contributed by atoms with Crippen molar-refractivity contribution in [2.45, 2.75) is 19.9 Å². The van der Waals surface area contributed by atoms with E-state index in [9.17, 15) is 4.79 Å². The maximum atomic E-state index is 11.2. The van der Waals surface area contributed by atoms with E-state index in [1.54, 1.807) is 18.9 Å². The van der Waals surface area contributed by atoms with Crippen LogP contribution in [0.4, 0.5) is 0 Å². The SMILES string of the molecule is CC(=O)N(C)Cc1ccccc1C#CCCO. The van der Waals surface area contributed by atoms with Crippen molar-refractivity contribution in [2.24, 2.45) is 0 Å². The Morgan fingerprint density at radius 1 is 1.41 bits per heavy atom. The summed E-state index contributed by atoms with van der Waals surface area (Å²) in [4.78, 5) is 12.8. The lowest BCUT2D eigenvalue weighted by Crippen LogP contribution is -2.23. The van der Waals surface area contributed by atoms with Crippen LogP contribution in [-0.4, -0.2) is 29.6 Å². The number of amides is 1. The lowest BCUT2D eigenvalue weighted by Gasteiger charge is -2.15. The minimum Gasteiger partial charge on any atom is -0.395 e. The van der Waals surface area contributed by atoms with Gasteiger partial charge in [0, 0.05) is 32.5 Å². The van der Waals surface area contributed by atoms with Crippen molar-refractivity contribution in [1.82, 2.24) is 4.90 Å². The number of aliphatic hydroxyl groups excluding tert-OH is 1. The Balaban J connectivity index is 2.85. The van der Waals surface area contributed by atoms with Crippen molar-refractivity contribution in [1.29, 1.82) is 0 Å². The molecule has 17 heavy (non-hydrogen) atoms. The highest BCUT2D eigenvalue weighted by Crippen LogP contribution is 2.10. The third kappa shape index (κ3) is 4.29. The Hall–Kier alpha value is -1.79. The number of carbonyl (C=O) groups is 1. The van der Waals surface area contributed by atoms with Crippen LogP contribution in [0.3, 0.4) is 0 Å². The van der Waals surface area contributed by atoms with Gasteiger partial charge in [0.15, 0.2) is 0 Å². The van der Waals surface area contributed by atoms with Gasteiger partial charge in [-0.15, -0.1) is 0 Å². The first-order valence-electron chi connectivity index (χ1n) is 5.54. The van der Waals surface area contributed by atoms with Gasteiger partial charge in [-0.1, -0.05) is 30.0 Å². The Kier molecular flexibility index (Phi) is 5.25. The summed E-state index contributed by atoms with van der Waals surface area (Å²) in [6, 6.07) is 7.73. The zero-order valence-electron chi connectivity index (χ0n) is 10.2. The number of hydrogen-bond donors (Lipinski definition) is 1. The Bertz CT molecular complexity index is 443. The molecule has 0 bridgehead atoms. The molecule has 0 saturated heterocycles. The summed E-state index contributed by atoms with van der Waals surface area (Å²) >= 11 is 0. The molecule has 0 radical (unpaired) electrons.